The third-order valence-electron chi connectivity index (χ3n) is 3.49. The van der Waals surface area contributed by atoms with Crippen molar-refractivity contribution < 1.29 is 23.0 Å². The quantitative estimate of drug-likeness (QED) is 0.779. The molecule has 0 aliphatic rings. The maximum atomic E-state index is 12.4. The van der Waals surface area contributed by atoms with Crippen LogP contribution >= 0.6 is 0 Å². The zero-order valence-electron chi connectivity index (χ0n) is 14.2. The number of anilines is 1. The van der Waals surface area contributed by atoms with E-state index in [0.29, 0.717) is 5.69 Å². The van der Waals surface area contributed by atoms with Crippen LogP contribution in [0.2, 0.25) is 0 Å². The van der Waals surface area contributed by atoms with Crippen molar-refractivity contribution in [3.63, 3.8) is 0 Å². The molecule has 1 N–H and O–H groups in total. The van der Waals surface area contributed by atoms with E-state index >= 15 is 0 Å². The van der Waals surface area contributed by atoms with Crippen LogP contribution in [0.3, 0.4) is 0 Å². The predicted molar refractivity (Wildman–Crippen MR) is 93.2 cm³/mol. The van der Waals surface area contributed by atoms with Gasteiger partial charge < -0.3 is 14.8 Å². The molecule has 2 rings (SSSR count). The first-order chi connectivity index (χ1) is 11.9. The second kappa shape index (κ2) is 8.28. The van der Waals surface area contributed by atoms with Gasteiger partial charge in [0.2, 0.25) is 5.91 Å². The van der Waals surface area contributed by atoms with E-state index in [0.717, 1.165) is 16.7 Å². The highest BCUT2D eigenvalue weighted by Crippen LogP contribution is 2.31. The van der Waals surface area contributed by atoms with E-state index in [4.69, 9.17) is 4.74 Å². The summed E-state index contributed by atoms with van der Waals surface area (Å²) in [6, 6.07) is 10.2. The van der Waals surface area contributed by atoms with Gasteiger partial charge in [0.05, 0.1) is 7.11 Å². The predicted octanol–water partition coefficient (Wildman–Crippen LogP) is 4.57. The minimum atomic E-state index is -2.98. The number of nitrogens with one attached hydrogen (secondary N) is 1. The standard InChI is InChI=1S/C19H19F2NO3/c1-12-4-5-14(13(2)10-12)6-9-18(23)22-15-7-8-16(24-3)17(11-15)25-19(20)21/h4-11,19H,1-3H3,(H,22,23)/b9-6+. The molecule has 4 nitrogen and oxygen atoms in total. The van der Waals surface area contributed by atoms with Gasteiger partial charge in [-0.15, -0.1) is 0 Å². The summed E-state index contributed by atoms with van der Waals surface area (Å²) in [5.41, 5.74) is 3.45. The molecule has 0 aliphatic carbocycles. The average Bonchev–Trinajstić information content (AvgIpc) is 2.54. The number of ether oxygens (including phenoxy) is 2. The monoisotopic (exact) mass is 347 g/mol. The largest absolute Gasteiger partial charge is 0.493 e. The average molecular weight is 347 g/mol. The van der Waals surface area contributed by atoms with Gasteiger partial charge in [0.25, 0.3) is 0 Å². The van der Waals surface area contributed by atoms with Crippen LogP contribution in [0.4, 0.5) is 14.5 Å². The van der Waals surface area contributed by atoms with Crippen LogP contribution in [0.1, 0.15) is 16.7 Å². The van der Waals surface area contributed by atoms with E-state index in [9.17, 15) is 13.6 Å². The van der Waals surface area contributed by atoms with Crippen LogP contribution < -0.4 is 14.8 Å². The van der Waals surface area contributed by atoms with Crippen molar-refractivity contribution in [3.8, 4) is 11.5 Å². The molecule has 0 fully saturated rings. The Balaban J connectivity index is 2.10. The number of carbonyl (C=O) groups excluding carboxylic acids is 1. The molecule has 0 spiro atoms. The SMILES string of the molecule is COc1ccc(NC(=O)/C=C/c2ccc(C)cc2C)cc1OC(F)F. The molecule has 0 heterocycles. The third-order valence-corrected chi connectivity index (χ3v) is 3.49. The van der Waals surface area contributed by atoms with Crippen LogP contribution in [0, 0.1) is 13.8 Å². The molecular weight excluding hydrogens is 328 g/mol. The lowest BCUT2D eigenvalue weighted by Gasteiger charge is -2.11. The minimum Gasteiger partial charge on any atom is -0.493 e. The fourth-order valence-electron chi connectivity index (χ4n) is 2.30. The Kier molecular flexibility index (Phi) is 6.11. The van der Waals surface area contributed by atoms with Gasteiger partial charge in [-0.3, -0.25) is 4.79 Å². The van der Waals surface area contributed by atoms with Gasteiger partial charge in [-0.1, -0.05) is 23.8 Å². The second-order valence-corrected chi connectivity index (χ2v) is 5.43. The molecule has 25 heavy (non-hydrogen) atoms. The molecule has 0 bridgehead atoms. The number of amides is 1. The molecule has 0 aliphatic heterocycles. The minimum absolute atomic E-state index is 0.145. The Bertz CT molecular complexity index is 788. The zero-order chi connectivity index (χ0) is 18.4. The van der Waals surface area contributed by atoms with Crippen LogP contribution in [0.5, 0.6) is 11.5 Å². The number of hydrogen-bond acceptors (Lipinski definition) is 3. The Morgan fingerprint density at radius 1 is 1.12 bits per heavy atom. The van der Waals surface area contributed by atoms with E-state index < -0.39 is 6.61 Å². The number of halogens is 2. The molecule has 6 heteroatoms. The number of methoxy groups -OCH3 is 1. The van der Waals surface area contributed by atoms with Crippen molar-refractivity contribution in [2.75, 3.05) is 12.4 Å². The maximum absolute atomic E-state index is 12.4. The number of rotatable bonds is 6. The number of benzene rings is 2. The molecule has 0 aromatic heterocycles. The van der Waals surface area contributed by atoms with Gasteiger partial charge in [0, 0.05) is 17.8 Å². The van der Waals surface area contributed by atoms with E-state index in [1.54, 1.807) is 12.1 Å². The van der Waals surface area contributed by atoms with Crippen molar-refractivity contribution >= 4 is 17.7 Å². The molecule has 1 amide bonds. The molecule has 0 saturated heterocycles. The van der Waals surface area contributed by atoms with E-state index in [1.165, 1.54) is 25.3 Å². The highest BCUT2D eigenvalue weighted by Gasteiger charge is 2.12. The van der Waals surface area contributed by atoms with Gasteiger partial charge in [-0.05, 0) is 43.2 Å². The number of hydrogen-bond donors (Lipinski definition) is 1. The Labute approximate surface area is 145 Å². The van der Waals surface area contributed by atoms with Crippen molar-refractivity contribution in [3.05, 3.63) is 59.2 Å². The van der Waals surface area contributed by atoms with Crippen LogP contribution in [0.25, 0.3) is 6.08 Å². The molecule has 0 radical (unpaired) electrons. The van der Waals surface area contributed by atoms with Crippen molar-refractivity contribution in [2.45, 2.75) is 20.5 Å². The highest BCUT2D eigenvalue weighted by molar-refractivity contribution is 6.02. The van der Waals surface area contributed by atoms with Crippen LogP contribution in [-0.2, 0) is 4.79 Å². The molecule has 0 atom stereocenters. The van der Waals surface area contributed by atoms with Gasteiger partial charge in [-0.25, -0.2) is 0 Å². The lowest BCUT2D eigenvalue weighted by atomic mass is 10.1. The molecule has 2 aromatic rings. The van der Waals surface area contributed by atoms with Crippen molar-refractivity contribution in [1.29, 1.82) is 0 Å². The summed E-state index contributed by atoms with van der Waals surface area (Å²) in [5, 5.41) is 2.60. The summed E-state index contributed by atoms with van der Waals surface area (Å²) in [6.07, 6.45) is 3.08. The summed E-state index contributed by atoms with van der Waals surface area (Å²) >= 11 is 0. The number of carbonyl (C=O) groups is 1. The van der Waals surface area contributed by atoms with Crippen molar-refractivity contribution in [1.82, 2.24) is 0 Å². The van der Waals surface area contributed by atoms with Gasteiger partial charge in [0.1, 0.15) is 0 Å². The molecule has 0 saturated carbocycles. The maximum Gasteiger partial charge on any atom is 0.387 e. The first-order valence-electron chi connectivity index (χ1n) is 7.58. The molecule has 132 valence electrons. The summed E-state index contributed by atoms with van der Waals surface area (Å²) in [7, 11) is 1.35. The van der Waals surface area contributed by atoms with E-state index in [-0.39, 0.29) is 17.4 Å². The third kappa shape index (κ3) is 5.31. The smallest absolute Gasteiger partial charge is 0.387 e. The molecule has 0 unspecified atom stereocenters. The first-order valence-corrected chi connectivity index (χ1v) is 7.58. The topological polar surface area (TPSA) is 47.6 Å². The molecular formula is C19H19F2NO3. The Morgan fingerprint density at radius 2 is 1.88 bits per heavy atom. The van der Waals surface area contributed by atoms with Gasteiger partial charge in [0.15, 0.2) is 11.5 Å². The summed E-state index contributed by atoms with van der Waals surface area (Å²) < 4.78 is 34.2. The summed E-state index contributed by atoms with van der Waals surface area (Å²) in [5.74, 6) is -0.370. The fraction of sp³-hybridized carbons (Fsp3) is 0.211. The molecule has 2 aromatic carbocycles. The first kappa shape index (κ1) is 18.4. The van der Waals surface area contributed by atoms with Gasteiger partial charge in [-0.2, -0.15) is 8.78 Å². The second-order valence-electron chi connectivity index (χ2n) is 5.43. The van der Waals surface area contributed by atoms with Crippen molar-refractivity contribution in [2.24, 2.45) is 0 Å². The highest BCUT2D eigenvalue weighted by atomic mass is 19.3. The lowest BCUT2D eigenvalue weighted by Crippen LogP contribution is -2.09. The fourth-order valence-corrected chi connectivity index (χ4v) is 2.30. The van der Waals surface area contributed by atoms with E-state index in [1.807, 2.05) is 32.0 Å². The van der Waals surface area contributed by atoms with Gasteiger partial charge >= 0.3 is 6.61 Å². The normalized spacial score (nSPS) is 11.0. The summed E-state index contributed by atoms with van der Waals surface area (Å²) in [6.45, 7) is 0.974. The number of aryl methyl sites for hydroxylation is 2. The Morgan fingerprint density at radius 3 is 2.52 bits per heavy atom. The van der Waals surface area contributed by atoms with Crippen LogP contribution in [0.15, 0.2) is 42.5 Å². The number of alkyl halides is 2. The zero-order valence-corrected chi connectivity index (χ0v) is 14.2. The van der Waals surface area contributed by atoms with E-state index in [2.05, 4.69) is 10.1 Å². The summed E-state index contributed by atoms with van der Waals surface area (Å²) in [4.78, 5) is 12.0. The Hall–Kier alpha value is -2.89. The van der Waals surface area contributed by atoms with Crippen LogP contribution in [-0.4, -0.2) is 19.6 Å². The lowest BCUT2D eigenvalue weighted by molar-refractivity contribution is -0.111.